The molecule has 0 aliphatic rings. The van der Waals surface area contributed by atoms with E-state index in [1.165, 1.54) is 11.1 Å². The number of anilines is 1. The minimum atomic E-state index is -0.290. The number of aryl methyl sites for hydroxylation is 1. The van der Waals surface area contributed by atoms with E-state index in [4.69, 9.17) is 0 Å². The second-order valence-electron chi connectivity index (χ2n) is 6.88. The molecule has 1 aromatic carbocycles. The molecule has 1 amide bonds. The quantitative estimate of drug-likeness (QED) is 0.466. The van der Waals surface area contributed by atoms with Gasteiger partial charge in [-0.2, -0.15) is 10.2 Å². The van der Waals surface area contributed by atoms with Crippen molar-refractivity contribution < 1.29 is 4.79 Å². The van der Waals surface area contributed by atoms with Gasteiger partial charge in [0, 0.05) is 18.5 Å². The summed E-state index contributed by atoms with van der Waals surface area (Å²) in [5, 5.41) is 13.7. The molecule has 4 heterocycles. The van der Waals surface area contributed by atoms with Crippen LogP contribution in [0, 0.1) is 6.92 Å². The van der Waals surface area contributed by atoms with Gasteiger partial charge in [0.15, 0.2) is 11.5 Å². The number of fused-ring (bicyclic) bond motifs is 1. The van der Waals surface area contributed by atoms with E-state index in [9.17, 15) is 4.79 Å². The van der Waals surface area contributed by atoms with Gasteiger partial charge in [-0.1, -0.05) is 30.3 Å². The highest BCUT2D eigenvalue weighted by Gasteiger charge is 2.17. The number of nitrogens with one attached hydrogen (secondary N) is 1. The Morgan fingerprint density at radius 2 is 2.03 bits per heavy atom. The molecule has 5 aromatic rings. The molecule has 0 bridgehead atoms. The number of thiophene rings is 1. The Labute approximate surface area is 176 Å². The molecule has 0 fully saturated rings. The molecule has 7 nitrogen and oxygen atoms in total. The van der Waals surface area contributed by atoms with Crippen LogP contribution in [0.2, 0.25) is 0 Å². The number of aromatic nitrogens is 5. The van der Waals surface area contributed by atoms with Crippen molar-refractivity contribution in [1.82, 2.24) is 24.4 Å². The summed E-state index contributed by atoms with van der Waals surface area (Å²) in [5.41, 5.74) is 4.21. The van der Waals surface area contributed by atoms with Crippen LogP contribution in [0.4, 0.5) is 5.82 Å². The van der Waals surface area contributed by atoms with Gasteiger partial charge in [0.2, 0.25) is 0 Å². The summed E-state index contributed by atoms with van der Waals surface area (Å²) < 4.78 is 3.50. The molecule has 0 aliphatic carbocycles. The highest BCUT2D eigenvalue weighted by molar-refractivity contribution is 7.13. The standard InChI is InChI=1S/C22H18N6OS/c1-15-5-2-3-6-16(15)14-27-11-9-20(26-27)25-22(29)17-13-24-28-18(8-10-23-21(17)28)19-7-4-12-30-19/h2-13H,14H2,1H3,(H,25,26,29). The average molecular weight is 414 g/mol. The van der Waals surface area contributed by atoms with Crippen LogP contribution >= 0.6 is 11.3 Å². The predicted octanol–water partition coefficient (Wildman–Crippen LogP) is 4.26. The predicted molar refractivity (Wildman–Crippen MR) is 117 cm³/mol. The molecule has 4 aromatic heterocycles. The van der Waals surface area contributed by atoms with E-state index >= 15 is 0 Å². The monoisotopic (exact) mass is 414 g/mol. The van der Waals surface area contributed by atoms with Gasteiger partial charge in [-0.05, 0) is 35.6 Å². The zero-order valence-electron chi connectivity index (χ0n) is 16.2. The number of benzene rings is 1. The lowest BCUT2D eigenvalue weighted by atomic mass is 10.1. The summed E-state index contributed by atoms with van der Waals surface area (Å²) in [6.07, 6.45) is 5.09. The van der Waals surface area contributed by atoms with Crippen molar-refractivity contribution in [3.63, 3.8) is 0 Å². The molecule has 0 unspecified atom stereocenters. The molecule has 0 spiro atoms. The third kappa shape index (κ3) is 3.37. The van der Waals surface area contributed by atoms with Gasteiger partial charge in [0.25, 0.3) is 5.91 Å². The van der Waals surface area contributed by atoms with E-state index in [-0.39, 0.29) is 5.91 Å². The van der Waals surface area contributed by atoms with E-state index in [1.54, 1.807) is 39.0 Å². The molecule has 0 radical (unpaired) electrons. The zero-order valence-corrected chi connectivity index (χ0v) is 17.0. The maximum Gasteiger partial charge on any atom is 0.262 e. The molecule has 8 heteroatoms. The summed E-state index contributed by atoms with van der Waals surface area (Å²) in [6, 6.07) is 15.8. The number of carbonyl (C=O) groups is 1. The first kappa shape index (κ1) is 18.3. The molecular formula is C22H18N6OS. The van der Waals surface area contributed by atoms with Crippen molar-refractivity contribution in [3.8, 4) is 10.6 Å². The Morgan fingerprint density at radius 1 is 1.13 bits per heavy atom. The van der Waals surface area contributed by atoms with Crippen molar-refractivity contribution in [1.29, 1.82) is 0 Å². The number of hydrogen-bond acceptors (Lipinski definition) is 5. The molecular weight excluding hydrogens is 396 g/mol. The minimum Gasteiger partial charge on any atom is -0.305 e. The maximum absolute atomic E-state index is 12.9. The van der Waals surface area contributed by atoms with Gasteiger partial charge in [-0.3, -0.25) is 9.48 Å². The van der Waals surface area contributed by atoms with Crippen LogP contribution in [0.15, 0.2) is 72.5 Å². The van der Waals surface area contributed by atoms with Crippen molar-refractivity contribution in [2.45, 2.75) is 13.5 Å². The molecule has 30 heavy (non-hydrogen) atoms. The number of hydrogen-bond donors (Lipinski definition) is 1. The Morgan fingerprint density at radius 3 is 2.87 bits per heavy atom. The molecule has 0 aliphatic heterocycles. The Bertz CT molecular complexity index is 1330. The van der Waals surface area contributed by atoms with Gasteiger partial charge in [0.1, 0.15) is 5.56 Å². The van der Waals surface area contributed by atoms with Gasteiger partial charge in [0.05, 0.1) is 23.3 Å². The second-order valence-corrected chi connectivity index (χ2v) is 7.83. The fourth-order valence-electron chi connectivity index (χ4n) is 3.32. The molecule has 5 rings (SSSR count). The second kappa shape index (κ2) is 7.57. The summed E-state index contributed by atoms with van der Waals surface area (Å²) in [6.45, 7) is 2.72. The van der Waals surface area contributed by atoms with Crippen LogP contribution in [-0.4, -0.2) is 30.3 Å². The topological polar surface area (TPSA) is 77.1 Å². The third-order valence-corrected chi connectivity index (χ3v) is 5.79. The smallest absolute Gasteiger partial charge is 0.262 e. The Balaban J connectivity index is 1.38. The minimum absolute atomic E-state index is 0.290. The number of nitrogens with zero attached hydrogens (tertiary/aromatic N) is 5. The summed E-state index contributed by atoms with van der Waals surface area (Å²) in [5.74, 6) is 0.198. The molecule has 1 N–H and O–H groups in total. The van der Waals surface area contributed by atoms with E-state index in [0.717, 1.165) is 10.6 Å². The van der Waals surface area contributed by atoms with E-state index in [0.29, 0.717) is 23.6 Å². The molecule has 148 valence electrons. The number of rotatable bonds is 5. The summed E-state index contributed by atoms with van der Waals surface area (Å²) in [4.78, 5) is 18.3. The van der Waals surface area contributed by atoms with Crippen molar-refractivity contribution in [2.75, 3.05) is 5.32 Å². The highest BCUT2D eigenvalue weighted by Crippen LogP contribution is 2.25. The van der Waals surface area contributed by atoms with Gasteiger partial charge < -0.3 is 5.32 Å². The third-order valence-electron chi connectivity index (χ3n) is 4.90. The first-order chi connectivity index (χ1) is 14.7. The lowest BCUT2D eigenvalue weighted by Gasteiger charge is -2.05. The number of carbonyl (C=O) groups excluding carboxylic acids is 1. The number of amides is 1. The lowest BCUT2D eigenvalue weighted by Crippen LogP contribution is -2.13. The molecule has 0 saturated heterocycles. The average Bonchev–Trinajstić information content (AvgIpc) is 3.50. The van der Waals surface area contributed by atoms with Crippen LogP contribution in [0.3, 0.4) is 0 Å². The van der Waals surface area contributed by atoms with Gasteiger partial charge >= 0.3 is 0 Å². The normalized spacial score (nSPS) is 11.1. The first-order valence-electron chi connectivity index (χ1n) is 9.45. The van der Waals surface area contributed by atoms with Crippen LogP contribution in [-0.2, 0) is 6.54 Å². The fraction of sp³-hybridized carbons (Fsp3) is 0.0909. The maximum atomic E-state index is 12.9. The molecule has 0 atom stereocenters. The lowest BCUT2D eigenvalue weighted by molar-refractivity contribution is 0.102. The van der Waals surface area contributed by atoms with Crippen molar-refractivity contribution in [2.24, 2.45) is 0 Å². The van der Waals surface area contributed by atoms with Crippen molar-refractivity contribution >= 4 is 28.7 Å². The van der Waals surface area contributed by atoms with Crippen LogP contribution in [0.1, 0.15) is 21.5 Å². The van der Waals surface area contributed by atoms with E-state index in [2.05, 4.69) is 39.6 Å². The van der Waals surface area contributed by atoms with Crippen LogP contribution < -0.4 is 5.32 Å². The van der Waals surface area contributed by atoms with Gasteiger partial charge in [-0.25, -0.2) is 9.50 Å². The van der Waals surface area contributed by atoms with Gasteiger partial charge in [-0.15, -0.1) is 11.3 Å². The Kier molecular flexibility index (Phi) is 4.61. The van der Waals surface area contributed by atoms with Crippen molar-refractivity contribution in [3.05, 3.63) is 89.2 Å². The molecule has 0 saturated carbocycles. The van der Waals surface area contributed by atoms with Crippen LogP contribution in [0.5, 0.6) is 0 Å². The van der Waals surface area contributed by atoms with E-state index < -0.39 is 0 Å². The summed E-state index contributed by atoms with van der Waals surface area (Å²) in [7, 11) is 0. The fourth-order valence-corrected chi connectivity index (χ4v) is 4.06. The summed E-state index contributed by atoms with van der Waals surface area (Å²) >= 11 is 1.61. The zero-order chi connectivity index (χ0) is 20.5. The van der Waals surface area contributed by atoms with Crippen LogP contribution in [0.25, 0.3) is 16.2 Å². The Hall–Kier alpha value is -3.78. The van der Waals surface area contributed by atoms with E-state index in [1.807, 2.05) is 41.9 Å². The highest BCUT2D eigenvalue weighted by atomic mass is 32.1. The largest absolute Gasteiger partial charge is 0.305 e. The first-order valence-corrected chi connectivity index (χ1v) is 10.3. The SMILES string of the molecule is Cc1ccccc1Cn1ccc(NC(=O)c2cnn3c(-c4cccs4)ccnc23)n1.